The van der Waals surface area contributed by atoms with E-state index in [1.165, 1.54) is 0 Å². The maximum absolute atomic E-state index is 12.0. The van der Waals surface area contributed by atoms with E-state index in [-0.39, 0.29) is 11.7 Å². The Balaban J connectivity index is 1.79. The number of hydrogen-bond acceptors (Lipinski definition) is 4. The van der Waals surface area contributed by atoms with E-state index in [2.05, 4.69) is 5.32 Å². The zero-order valence-corrected chi connectivity index (χ0v) is 12.7. The number of rotatable bonds is 7. The van der Waals surface area contributed by atoms with Gasteiger partial charge in [0, 0.05) is 17.7 Å². The van der Waals surface area contributed by atoms with Crippen LogP contribution in [-0.2, 0) is 6.54 Å². The summed E-state index contributed by atoms with van der Waals surface area (Å²) >= 11 is 0. The molecule has 120 valence electrons. The summed E-state index contributed by atoms with van der Waals surface area (Å²) in [4.78, 5) is 12.0. The van der Waals surface area contributed by atoms with Crippen LogP contribution >= 0.6 is 0 Å². The number of ether oxygens (including phenoxy) is 1. The Morgan fingerprint density at radius 3 is 2.52 bits per heavy atom. The number of amides is 1. The first kappa shape index (κ1) is 16.5. The molecule has 0 unspecified atom stereocenters. The van der Waals surface area contributed by atoms with Crippen LogP contribution in [0.4, 0.5) is 0 Å². The Labute approximate surface area is 135 Å². The van der Waals surface area contributed by atoms with Crippen molar-refractivity contribution in [1.82, 2.24) is 5.32 Å². The number of nitrogens with two attached hydrogens (primary N) is 2. The summed E-state index contributed by atoms with van der Waals surface area (Å²) in [6, 6.07) is 14.1. The fourth-order valence-corrected chi connectivity index (χ4v) is 1.98. The molecule has 0 aliphatic rings. The van der Waals surface area contributed by atoms with E-state index in [4.69, 9.17) is 21.6 Å². The van der Waals surface area contributed by atoms with Gasteiger partial charge in [-0.15, -0.1) is 0 Å². The zero-order valence-electron chi connectivity index (χ0n) is 12.7. The van der Waals surface area contributed by atoms with Gasteiger partial charge in [0.05, 0.1) is 6.54 Å². The molecule has 0 saturated heterocycles. The molecule has 0 spiro atoms. The van der Waals surface area contributed by atoms with Gasteiger partial charge >= 0.3 is 0 Å². The Morgan fingerprint density at radius 1 is 1.13 bits per heavy atom. The second-order valence-electron chi connectivity index (χ2n) is 4.95. The molecule has 0 aliphatic carbocycles. The molecule has 6 N–H and O–H groups in total. The SMILES string of the molecule is N=C(N)c1cccc(OCCNC(=O)c2ccc(CN)cc2)c1. The molecular formula is C17H20N4O2. The van der Waals surface area contributed by atoms with Crippen molar-refractivity contribution >= 4 is 11.7 Å². The van der Waals surface area contributed by atoms with E-state index in [0.29, 0.717) is 36.6 Å². The fourth-order valence-electron chi connectivity index (χ4n) is 1.98. The molecule has 2 rings (SSSR count). The van der Waals surface area contributed by atoms with E-state index >= 15 is 0 Å². The molecule has 0 saturated carbocycles. The lowest BCUT2D eigenvalue weighted by molar-refractivity contribution is 0.0947. The first-order valence-corrected chi connectivity index (χ1v) is 7.24. The fraction of sp³-hybridized carbons (Fsp3) is 0.176. The Kier molecular flexibility index (Phi) is 5.71. The van der Waals surface area contributed by atoms with Gasteiger partial charge in [0.25, 0.3) is 5.91 Å². The van der Waals surface area contributed by atoms with Gasteiger partial charge in [0.15, 0.2) is 0 Å². The molecule has 1 amide bonds. The van der Waals surface area contributed by atoms with Crippen LogP contribution < -0.4 is 21.5 Å². The lowest BCUT2D eigenvalue weighted by atomic mass is 10.1. The molecule has 0 heterocycles. The standard InChI is InChI=1S/C17H20N4O2/c18-11-12-4-6-13(7-5-12)17(22)21-8-9-23-15-3-1-2-14(10-15)16(19)20/h1-7,10H,8-9,11,18H2,(H3,19,20)(H,21,22). The van der Waals surface area contributed by atoms with Gasteiger partial charge in [-0.05, 0) is 29.8 Å². The number of carbonyl (C=O) groups excluding carboxylic acids is 1. The third kappa shape index (κ3) is 4.82. The molecule has 0 aromatic heterocycles. The quantitative estimate of drug-likeness (QED) is 0.350. The van der Waals surface area contributed by atoms with E-state index < -0.39 is 0 Å². The van der Waals surface area contributed by atoms with Crippen LogP contribution in [0, 0.1) is 5.41 Å². The van der Waals surface area contributed by atoms with E-state index in [9.17, 15) is 4.79 Å². The van der Waals surface area contributed by atoms with Crippen LogP contribution in [0.15, 0.2) is 48.5 Å². The number of benzene rings is 2. The smallest absolute Gasteiger partial charge is 0.251 e. The topological polar surface area (TPSA) is 114 Å². The minimum atomic E-state index is -0.158. The van der Waals surface area contributed by atoms with Crippen molar-refractivity contribution in [2.75, 3.05) is 13.2 Å². The Bertz CT molecular complexity index is 683. The Hall–Kier alpha value is -2.86. The lowest BCUT2D eigenvalue weighted by Gasteiger charge is -2.09. The minimum absolute atomic E-state index is 0.00956. The van der Waals surface area contributed by atoms with Crippen molar-refractivity contribution in [1.29, 1.82) is 5.41 Å². The van der Waals surface area contributed by atoms with E-state index in [1.54, 1.807) is 36.4 Å². The third-order valence-corrected chi connectivity index (χ3v) is 3.25. The molecule has 2 aromatic carbocycles. The highest BCUT2D eigenvalue weighted by Gasteiger charge is 2.05. The first-order valence-electron chi connectivity index (χ1n) is 7.24. The summed E-state index contributed by atoms with van der Waals surface area (Å²) in [6.45, 7) is 1.16. The number of nitrogens with one attached hydrogen (secondary N) is 2. The average molecular weight is 312 g/mol. The van der Waals surface area contributed by atoms with Crippen molar-refractivity contribution in [2.24, 2.45) is 11.5 Å². The van der Waals surface area contributed by atoms with Gasteiger partial charge < -0.3 is 21.5 Å². The second kappa shape index (κ2) is 7.95. The normalized spacial score (nSPS) is 10.1. The highest BCUT2D eigenvalue weighted by molar-refractivity contribution is 5.95. The molecule has 23 heavy (non-hydrogen) atoms. The predicted octanol–water partition coefficient (Wildman–Crippen LogP) is 1.24. The second-order valence-corrected chi connectivity index (χ2v) is 4.95. The molecule has 0 radical (unpaired) electrons. The molecule has 0 fully saturated rings. The van der Waals surface area contributed by atoms with Gasteiger partial charge in [-0.2, -0.15) is 0 Å². The van der Waals surface area contributed by atoms with Crippen molar-refractivity contribution in [3.05, 3.63) is 65.2 Å². The van der Waals surface area contributed by atoms with Crippen LogP contribution in [0.3, 0.4) is 0 Å². The number of carbonyl (C=O) groups is 1. The van der Waals surface area contributed by atoms with Crippen LogP contribution in [0.25, 0.3) is 0 Å². The van der Waals surface area contributed by atoms with Crippen molar-refractivity contribution in [3.63, 3.8) is 0 Å². The van der Waals surface area contributed by atoms with Crippen molar-refractivity contribution in [2.45, 2.75) is 6.54 Å². The van der Waals surface area contributed by atoms with Crippen LogP contribution in [-0.4, -0.2) is 24.9 Å². The van der Waals surface area contributed by atoms with Crippen molar-refractivity contribution in [3.8, 4) is 5.75 Å². The number of amidine groups is 1. The summed E-state index contributed by atoms with van der Waals surface area (Å²) in [5.41, 5.74) is 13.1. The van der Waals surface area contributed by atoms with Crippen LogP contribution in [0.2, 0.25) is 0 Å². The maximum atomic E-state index is 12.0. The number of hydrogen-bond donors (Lipinski definition) is 4. The molecule has 0 aliphatic heterocycles. The molecule has 2 aromatic rings. The highest BCUT2D eigenvalue weighted by atomic mass is 16.5. The summed E-state index contributed by atoms with van der Waals surface area (Å²) < 4.78 is 5.54. The largest absolute Gasteiger partial charge is 0.492 e. The zero-order chi connectivity index (χ0) is 16.7. The van der Waals surface area contributed by atoms with Gasteiger partial charge in [0.2, 0.25) is 0 Å². The summed E-state index contributed by atoms with van der Waals surface area (Å²) in [6.07, 6.45) is 0. The summed E-state index contributed by atoms with van der Waals surface area (Å²) in [5, 5.41) is 10.2. The highest BCUT2D eigenvalue weighted by Crippen LogP contribution is 2.12. The molecule has 6 heteroatoms. The van der Waals surface area contributed by atoms with Gasteiger partial charge in [0.1, 0.15) is 18.2 Å². The third-order valence-electron chi connectivity index (χ3n) is 3.25. The molecule has 0 atom stereocenters. The molecule has 6 nitrogen and oxygen atoms in total. The monoisotopic (exact) mass is 312 g/mol. The number of nitrogen functional groups attached to an aromatic ring is 1. The van der Waals surface area contributed by atoms with Crippen LogP contribution in [0.5, 0.6) is 5.75 Å². The van der Waals surface area contributed by atoms with Crippen molar-refractivity contribution < 1.29 is 9.53 Å². The van der Waals surface area contributed by atoms with Gasteiger partial charge in [-0.3, -0.25) is 10.2 Å². The van der Waals surface area contributed by atoms with E-state index in [0.717, 1.165) is 5.56 Å². The molecular weight excluding hydrogens is 292 g/mol. The predicted molar refractivity (Wildman–Crippen MR) is 89.6 cm³/mol. The maximum Gasteiger partial charge on any atom is 0.251 e. The summed E-state index contributed by atoms with van der Waals surface area (Å²) in [5.74, 6) is 0.443. The van der Waals surface area contributed by atoms with Gasteiger partial charge in [-0.25, -0.2) is 0 Å². The minimum Gasteiger partial charge on any atom is -0.492 e. The summed E-state index contributed by atoms with van der Waals surface area (Å²) in [7, 11) is 0. The van der Waals surface area contributed by atoms with E-state index in [1.807, 2.05) is 12.1 Å². The first-order chi connectivity index (χ1) is 11.1. The lowest BCUT2D eigenvalue weighted by Crippen LogP contribution is -2.28. The van der Waals surface area contributed by atoms with Gasteiger partial charge in [-0.1, -0.05) is 24.3 Å². The Morgan fingerprint density at radius 2 is 1.87 bits per heavy atom. The average Bonchev–Trinajstić information content (AvgIpc) is 2.59. The molecule has 0 bridgehead atoms. The van der Waals surface area contributed by atoms with Crippen LogP contribution in [0.1, 0.15) is 21.5 Å².